The number of halogens is 1. The van der Waals surface area contributed by atoms with Crippen LogP contribution in [0.4, 0.5) is 4.39 Å². The van der Waals surface area contributed by atoms with Crippen molar-refractivity contribution in [1.29, 1.82) is 0 Å². The zero-order valence-corrected chi connectivity index (χ0v) is 12.9. The average Bonchev–Trinajstić information content (AvgIpc) is 2.64. The largest absolute Gasteiger partial charge is 0.317 e. The molecule has 0 bridgehead atoms. The molecule has 2 unspecified atom stereocenters. The minimum Gasteiger partial charge on any atom is -0.317 e. The van der Waals surface area contributed by atoms with Gasteiger partial charge in [0.15, 0.2) is 0 Å². The first-order chi connectivity index (χ1) is 9.47. The SMILES string of the molecule is CC(C)(C)C(NC1CCCNCC1)c1ccc(F)cc1. The van der Waals surface area contributed by atoms with Crippen LogP contribution in [-0.4, -0.2) is 19.1 Å². The van der Waals surface area contributed by atoms with E-state index >= 15 is 0 Å². The van der Waals surface area contributed by atoms with Gasteiger partial charge in [0.1, 0.15) is 5.82 Å². The second-order valence-electron chi connectivity index (χ2n) is 6.90. The lowest BCUT2D eigenvalue weighted by Gasteiger charge is -2.35. The third kappa shape index (κ3) is 4.29. The van der Waals surface area contributed by atoms with Gasteiger partial charge in [-0.2, -0.15) is 0 Å². The molecule has 3 heteroatoms. The molecule has 1 fully saturated rings. The molecule has 112 valence electrons. The highest BCUT2D eigenvalue weighted by molar-refractivity contribution is 5.22. The van der Waals surface area contributed by atoms with Crippen molar-refractivity contribution in [2.75, 3.05) is 13.1 Å². The van der Waals surface area contributed by atoms with E-state index in [1.807, 2.05) is 12.1 Å². The van der Waals surface area contributed by atoms with Crippen LogP contribution in [-0.2, 0) is 0 Å². The topological polar surface area (TPSA) is 24.1 Å². The Morgan fingerprint density at radius 2 is 1.85 bits per heavy atom. The minimum absolute atomic E-state index is 0.109. The van der Waals surface area contributed by atoms with Gasteiger partial charge in [-0.05, 0) is 55.5 Å². The normalized spacial score (nSPS) is 22.3. The molecule has 20 heavy (non-hydrogen) atoms. The summed E-state index contributed by atoms with van der Waals surface area (Å²) >= 11 is 0. The van der Waals surface area contributed by atoms with Gasteiger partial charge in [0.05, 0.1) is 0 Å². The standard InChI is InChI=1S/C17H27FN2/c1-17(2,3)16(13-6-8-14(18)9-7-13)20-15-5-4-11-19-12-10-15/h6-9,15-16,19-20H,4-5,10-12H2,1-3H3. The summed E-state index contributed by atoms with van der Waals surface area (Å²) in [7, 11) is 0. The number of benzene rings is 1. The van der Waals surface area contributed by atoms with Crippen LogP contribution in [0.5, 0.6) is 0 Å². The lowest BCUT2D eigenvalue weighted by atomic mass is 9.81. The molecular weight excluding hydrogens is 251 g/mol. The maximum atomic E-state index is 13.1. The minimum atomic E-state index is -0.167. The van der Waals surface area contributed by atoms with Crippen LogP contribution < -0.4 is 10.6 Å². The maximum absolute atomic E-state index is 13.1. The Labute approximate surface area is 122 Å². The van der Waals surface area contributed by atoms with Crippen molar-refractivity contribution in [2.24, 2.45) is 5.41 Å². The molecule has 2 rings (SSSR count). The van der Waals surface area contributed by atoms with E-state index in [0.717, 1.165) is 19.5 Å². The van der Waals surface area contributed by atoms with E-state index in [9.17, 15) is 4.39 Å². The van der Waals surface area contributed by atoms with Crippen LogP contribution in [0.1, 0.15) is 51.6 Å². The van der Waals surface area contributed by atoms with E-state index in [-0.39, 0.29) is 17.3 Å². The second-order valence-corrected chi connectivity index (χ2v) is 6.90. The lowest BCUT2D eigenvalue weighted by molar-refractivity contribution is 0.241. The van der Waals surface area contributed by atoms with Gasteiger partial charge >= 0.3 is 0 Å². The molecule has 0 amide bonds. The van der Waals surface area contributed by atoms with Gasteiger partial charge in [0.2, 0.25) is 0 Å². The molecule has 1 aromatic rings. The van der Waals surface area contributed by atoms with Crippen LogP contribution in [0.15, 0.2) is 24.3 Å². The quantitative estimate of drug-likeness (QED) is 0.882. The summed E-state index contributed by atoms with van der Waals surface area (Å²) in [6.45, 7) is 8.92. The van der Waals surface area contributed by atoms with Crippen molar-refractivity contribution in [1.82, 2.24) is 10.6 Å². The second kappa shape index (κ2) is 6.68. The molecule has 1 aliphatic rings. The summed E-state index contributed by atoms with van der Waals surface area (Å²) in [5, 5.41) is 7.26. The van der Waals surface area contributed by atoms with Gasteiger partial charge in [0, 0.05) is 12.1 Å². The Bertz CT molecular complexity index is 400. The van der Waals surface area contributed by atoms with Crippen molar-refractivity contribution >= 4 is 0 Å². The smallest absolute Gasteiger partial charge is 0.123 e. The highest BCUT2D eigenvalue weighted by atomic mass is 19.1. The highest BCUT2D eigenvalue weighted by Crippen LogP contribution is 2.33. The number of hydrogen-bond donors (Lipinski definition) is 2. The van der Waals surface area contributed by atoms with Crippen molar-refractivity contribution in [3.8, 4) is 0 Å². The molecule has 0 spiro atoms. The maximum Gasteiger partial charge on any atom is 0.123 e. The Morgan fingerprint density at radius 3 is 2.50 bits per heavy atom. The average molecular weight is 278 g/mol. The van der Waals surface area contributed by atoms with Gasteiger partial charge in [0.25, 0.3) is 0 Å². The lowest BCUT2D eigenvalue weighted by Crippen LogP contribution is -2.39. The molecule has 1 saturated heterocycles. The third-order valence-electron chi connectivity index (χ3n) is 4.05. The highest BCUT2D eigenvalue weighted by Gasteiger charge is 2.28. The molecule has 2 atom stereocenters. The number of nitrogens with one attached hydrogen (secondary N) is 2. The zero-order valence-electron chi connectivity index (χ0n) is 12.9. The molecular formula is C17H27FN2. The fraction of sp³-hybridized carbons (Fsp3) is 0.647. The van der Waals surface area contributed by atoms with Crippen molar-refractivity contribution in [3.05, 3.63) is 35.6 Å². The zero-order chi connectivity index (χ0) is 14.6. The van der Waals surface area contributed by atoms with E-state index in [2.05, 4.69) is 31.4 Å². The Kier molecular flexibility index (Phi) is 5.17. The molecule has 2 N–H and O–H groups in total. The third-order valence-corrected chi connectivity index (χ3v) is 4.05. The molecule has 1 heterocycles. The predicted molar refractivity (Wildman–Crippen MR) is 82.2 cm³/mol. The fourth-order valence-corrected chi connectivity index (χ4v) is 2.92. The first kappa shape index (κ1) is 15.5. The monoisotopic (exact) mass is 278 g/mol. The van der Waals surface area contributed by atoms with Crippen molar-refractivity contribution in [3.63, 3.8) is 0 Å². The van der Waals surface area contributed by atoms with Gasteiger partial charge in [-0.3, -0.25) is 0 Å². The van der Waals surface area contributed by atoms with Gasteiger partial charge < -0.3 is 10.6 Å². The van der Waals surface area contributed by atoms with Crippen molar-refractivity contribution < 1.29 is 4.39 Å². The van der Waals surface area contributed by atoms with E-state index in [4.69, 9.17) is 0 Å². The Hall–Kier alpha value is -0.930. The van der Waals surface area contributed by atoms with E-state index in [0.29, 0.717) is 6.04 Å². The molecule has 2 nitrogen and oxygen atoms in total. The summed E-state index contributed by atoms with van der Waals surface area (Å²) in [6.07, 6.45) is 3.59. The van der Waals surface area contributed by atoms with E-state index in [1.54, 1.807) is 12.1 Å². The van der Waals surface area contributed by atoms with Crippen LogP contribution >= 0.6 is 0 Å². The van der Waals surface area contributed by atoms with Gasteiger partial charge in [-0.25, -0.2) is 4.39 Å². The van der Waals surface area contributed by atoms with Gasteiger partial charge in [-0.15, -0.1) is 0 Å². The molecule has 0 radical (unpaired) electrons. The summed E-state index contributed by atoms with van der Waals surface area (Å²) in [6, 6.07) is 7.74. The molecule has 1 aromatic carbocycles. The van der Waals surface area contributed by atoms with Crippen LogP contribution in [0.3, 0.4) is 0 Å². The first-order valence-corrected chi connectivity index (χ1v) is 7.69. The van der Waals surface area contributed by atoms with Crippen molar-refractivity contribution in [2.45, 2.75) is 52.1 Å². The van der Waals surface area contributed by atoms with Gasteiger partial charge in [-0.1, -0.05) is 32.9 Å². The summed E-state index contributed by atoms with van der Waals surface area (Å²) in [4.78, 5) is 0. The predicted octanol–water partition coefficient (Wildman–Crippen LogP) is 3.64. The van der Waals surface area contributed by atoms with E-state index < -0.39 is 0 Å². The van der Waals surface area contributed by atoms with Crippen LogP contribution in [0, 0.1) is 11.2 Å². The first-order valence-electron chi connectivity index (χ1n) is 7.69. The Balaban J connectivity index is 2.13. The molecule has 0 aliphatic carbocycles. The molecule has 0 aromatic heterocycles. The number of rotatable bonds is 3. The Morgan fingerprint density at radius 1 is 1.15 bits per heavy atom. The summed E-state index contributed by atoms with van der Waals surface area (Å²) in [5.41, 5.74) is 1.29. The molecule has 0 saturated carbocycles. The van der Waals surface area contributed by atoms with Crippen LogP contribution in [0.2, 0.25) is 0 Å². The summed E-state index contributed by atoms with van der Waals surface area (Å²) in [5.74, 6) is -0.167. The van der Waals surface area contributed by atoms with Crippen LogP contribution in [0.25, 0.3) is 0 Å². The fourth-order valence-electron chi connectivity index (χ4n) is 2.92. The number of hydrogen-bond acceptors (Lipinski definition) is 2. The molecule has 1 aliphatic heterocycles. The summed E-state index contributed by atoms with van der Waals surface area (Å²) < 4.78 is 13.1. The van der Waals surface area contributed by atoms with E-state index in [1.165, 1.54) is 18.4 Å².